The molecule has 0 fully saturated rings. The molecule has 0 spiro atoms. The van der Waals surface area contributed by atoms with Crippen molar-refractivity contribution in [3.05, 3.63) is 89.6 Å². The Morgan fingerprint density at radius 3 is 2.47 bits per heavy atom. The summed E-state index contributed by atoms with van der Waals surface area (Å²) in [5, 5.41) is 7.44. The predicted octanol–water partition coefficient (Wildman–Crippen LogP) is 4.52. The third-order valence-electron chi connectivity index (χ3n) is 4.62. The van der Waals surface area contributed by atoms with Crippen molar-refractivity contribution in [2.24, 2.45) is 0 Å². The van der Waals surface area contributed by atoms with E-state index < -0.39 is 0 Å². The second-order valence-electron chi connectivity index (χ2n) is 6.74. The Kier molecular flexibility index (Phi) is 5.34. The fraction of sp³-hybridized carbons (Fsp3) is 0.130. The summed E-state index contributed by atoms with van der Waals surface area (Å²) >= 11 is 0. The number of methoxy groups -OCH3 is 1. The number of halogens is 1. The number of carbonyl (C=O) groups excluding carboxylic acids is 1. The van der Waals surface area contributed by atoms with E-state index in [4.69, 9.17) is 9.15 Å². The van der Waals surface area contributed by atoms with Crippen molar-refractivity contribution in [3.63, 3.8) is 0 Å². The standard InChI is InChI=1S/C23H20FN3O3/c1-15-3-12-22(30-15)20-13-21(23(28)25-14-16-4-6-17(24)7-5-16)27(26-20)18-8-10-19(29-2)11-9-18/h3-13H,14H2,1-2H3,(H,25,28). The number of furan rings is 1. The van der Waals surface area contributed by atoms with Gasteiger partial charge >= 0.3 is 0 Å². The van der Waals surface area contributed by atoms with E-state index in [2.05, 4.69) is 10.4 Å². The average molecular weight is 405 g/mol. The molecule has 0 unspecified atom stereocenters. The molecule has 1 N–H and O–H groups in total. The Morgan fingerprint density at radius 2 is 1.83 bits per heavy atom. The first-order valence-electron chi connectivity index (χ1n) is 9.37. The number of hydrogen-bond donors (Lipinski definition) is 1. The summed E-state index contributed by atoms with van der Waals surface area (Å²) in [5.41, 5.74) is 2.40. The molecule has 0 aliphatic rings. The van der Waals surface area contributed by atoms with Crippen molar-refractivity contribution >= 4 is 5.91 Å². The lowest BCUT2D eigenvalue weighted by Crippen LogP contribution is -2.25. The minimum Gasteiger partial charge on any atom is -0.497 e. The zero-order valence-electron chi connectivity index (χ0n) is 16.6. The second-order valence-corrected chi connectivity index (χ2v) is 6.74. The lowest BCUT2D eigenvalue weighted by atomic mass is 10.2. The van der Waals surface area contributed by atoms with Gasteiger partial charge in [-0.25, -0.2) is 9.07 Å². The fourth-order valence-corrected chi connectivity index (χ4v) is 3.03. The fourth-order valence-electron chi connectivity index (χ4n) is 3.03. The highest BCUT2D eigenvalue weighted by Crippen LogP contribution is 2.24. The van der Waals surface area contributed by atoms with Crippen LogP contribution in [0.1, 0.15) is 21.8 Å². The normalized spacial score (nSPS) is 10.8. The van der Waals surface area contributed by atoms with Gasteiger partial charge in [0, 0.05) is 12.6 Å². The van der Waals surface area contributed by atoms with Gasteiger partial charge in [-0.1, -0.05) is 12.1 Å². The summed E-state index contributed by atoms with van der Waals surface area (Å²) in [6, 6.07) is 18.6. The van der Waals surface area contributed by atoms with Crippen molar-refractivity contribution in [1.29, 1.82) is 0 Å². The molecule has 4 rings (SSSR count). The Hall–Kier alpha value is -3.87. The van der Waals surface area contributed by atoms with Gasteiger partial charge in [0.05, 0.1) is 12.8 Å². The molecule has 0 aliphatic carbocycles. The maximum atomic E-state index is 13.1. The summed E-state index contributed by atoms with van der Waals surface area (Å²) in [5.74, 6) is 1.41. The smallest absolute Gasteiger partial charge is 0.270 e. The van der Waals surface area contributed by atoms with Crippen LogP contribution in [0, 0.1) is 12.7 Å². The quantitative estimate of drug-likeness (QED) is 0.512. The van der Waals surface area contributed by atoms with E-state index in [-0.39, 0.29) is 18.3 Å². The monoisotopic (exact) mass is 405 g/mol. The molecule has 0 aliphatic heterocycles. The van der Waals surface area contributed by atoms with Gasteiger partial charge in [0.2, 0.25) is 0 Å². The van der Waals surface area contributed by atoms with E-state index in [1.54, 1.807) is 42.1 Å². The van der Waals surface area contributed by atoms with Crippen LogP contribution in [0.25, 0.3) is 17.1 Å². The number of carbonyl (C=O) groups is 1. The van der Waals surface area contributed by atoms with E-state index >= 15 is 0 Å². The van der Waals surface area contributed by atoms with Gasteiger partial charge in [-0.3, -0.25) is 4.79 Å². The number of benzene rings is 2. The minimum atomic E-state index is -0.318. The Balaban J connectivity index is 1.65. The summed E-state index contributed by atoms with van der Waals surface area (Å²) in [6.45, 7) is 2.11. The largest absolute Gasteiger partial charge is 0.497 e. The first-order valence-corrected chi connectivity index (χ1v) is 9.37. The first-order chi connectivity index (χ1) is 14.5. The van der Waals surface area contributed by atoms with E-state index in [1.807, 2.05) is 31.2 Å². The van der Waals surface area contributed by atoms with Gasteiger partial charge in [-0.2, -0.15) is 5.10 Å². The number of aromatic nitrogens is 2. The molecular weight excluding hydrogens is 385 g/mol. The van der Waals surface area contributed by atoms with Gasteiger partial charge in [-0.05, 0) is 61.0 Å². The zero-order valence-corrected chi connectivity index (χ0v) is 16.6. The molecule has 0 atom stereocenters. The van der Waals surface area contributed by atoms with Crippen LogP contribution in [0.2, 0.25) is 0 Å². The Morgan fingerprint density at radius 1 is 1.10 bits per heavy atom. The number of nitrogens with one attached hydrogen (secondary N) is 1. The molecule has 0 bridgehead atoms. The van der Waals surface area contributed by atoms with Crippen LogP contribution in [0.15, 0.2) is 71.1 Å². The topological polar surface area (TPSA) is 69.3 Å². The number of nitrogens with zero attached hydrogens (tertiary/aromatic N) is 2. The van der Waals surface area contributed by atoms with Gasteiger partial charge < -0.3 is 14.5 Å². The summed E-state index contributed by atoms with van der Waals surface area (Å²) < 4.78 is 25.5. The molecule has 2 heterocycles. The molecule has 152 valence electrons. The molecule has 30 heavy (non-hydrogen) atoms. The van der Waals surface area contributed by atoms with Crippen LogP contribution in [0.5, 0.6) is 5.75 Å². The third kappa shape index (κ3) is 4.10. The first kappa shape index (κ1) is 19.4. The van der Waals surface area contributed by atoms with E-state index in [9.17, 15) is 9.18 Å². The van der Waals surface area contributed by atoms with E-state index in [0.717, 1.165) is 11.3 Å². The van der Waals surface area contributed by atoms with Crippen LogP contribution in [0.4, 0.5) is 4.39 Å². The maximum absolute atomic E-state index is 13.1. The molecule has 0 saturated heterocycles. The average Bonchev–Trinajstić information content (AvgIpc) is 3.40. The summed E-state index contributed by atoms with van der Waals surface area (Å²) in [6.07, 6.45) is 0. The highest BCUT2D eigenvalue weighted by Gasteiger charge is 2.19. The van der Waals surface area contributed by atoms with Gasteiger partial charge in [-0.15, -0.1) is 0 Å². The number of rotatable bonds is 6. The van der Waals surface area contributed by atoms with Crippen molar-refractivity contribution in [3.8, 4) is 22.9 Å². The lowest BCUT2D eigenvalue weighted by Gasteiger charge is -2.09. The number of aryl methyl sites for hydroxylation is 1. The van der Waals surface area contributed by atoms with Gasteiger partial charge in [0.15, 0.2) is 5.76 Å². The van der Waals surface area contributed by atoms with E-state index in [0.29, 0.717) is 28.6 Å². The third-order valence-corrected chi connectivity index (χ3v) is 4.62. The second kappa shape index (κ2) is 8.24. The highest BCUT2D eigenvalue weighted by molar-refractivity contribution is 5.94. The molecule has 1 amide bonds. The molecule has 2 aromatic heterocycles. The SMILES string of the molecule is COc1ccc(-n2nc(-c3ccc(C)o3)cc2C(=O)NCc2ccc(F)cc2)cc1. The van der Waals surface area contributed by atoms with Crippen LogP contribution >= 0.6 is 0 Å². The minimum absolute atomic E-state index is 0.266. The molecular formula is C23H20FN3O3. The number of hydrogen-bond acceptors (Lipinski definition) is 4. The van der Waals surface area contributed by atoms with Crippen LogP contribution < -0.4 is 10.1 Å². The summed E-state index contributed by atoms with van der Waals surface area (Å²) in [4.78, 5) is 13.0. The highest BCUT2D eigenvalue weighted by atomic mass is 19.1. The van der Waals surface area contributed by atoms with Crippen LogP contribution in [-0.4, -0.2) is 22.8 Å². The molecule has 2 aromatic carbocycles. The number of amides is 1. The van der Waals surface area contributed by atoms with Gasteiger partial charge in [0.25, 0.3) is 5.91 Å². The van der Waals surface area contributed by atoms with Crippen molar-refractivity contribution in [2.75, 3.05) is 7.11 Å². The predicted molar refractivity (Wildman–Crippen MR) is 110 cm³/mol. The summed E-state index contributed by atoms with van der Waals surface area (Å²) in [7, 11) is 1.59. The van der Waals surface area contributed by atoms with Crippen molar-refractivity contribution < 1.29 is 18.3 Å². The van der Waals surface area contributed by atoms with Crippen molar-refractivity contribution in [2.45, 2.75) is 13.5 Å². The van der Waals surface area contributed by atoms with Gasteiger partial charge in [0.1, 0.15) is 28.7 Å². The molecule has 4 aromatic rings. The maximum Gasteiger partial charge on any atom is 0.270 e. The molecule has 6 nitrogen and oxygen atoms in total. The van der Waals surface area contributed by atoms with Crippen molar-refractivity contribution in [1.82, 2.24) is 15.1 Å². The zero-order chi connectivity index (χ0) is 21.1. The lowest BCUT2D eigenvalue weighted by molar-refractivity contribution is 0.0943. The van der Waals surface area contributed by atoms with Crippen LogP contribution in [0.3, 0.4) is 0 Å². The molecule has 0 saturated carbocycles. The number of ether oxygens (including phenoxy) is 1. The van der Waals surface area contributed by atoms with E-state index in [1.165, 1.54) is 12.1 Å². The Bertz CT molecular complexity index is 1160. The van der Waals surface area contributed by atoms with Crippen LogP contribution in [-0.2, 0) is 6.54 Å². The Labute approximate surface area is 172 Å². The molecule has 7 heteroatoms. The molecule has 0 radical (unpaired) electrons.